The third-order valence-corrected chi connectivity index (χ3v) is 5.13. The van der Waals surface area contributed by atoms with Crippen LogP contribution in [0, 0.1) is 13.8 Å². The van der Waals surface area contributed by atoms with Crippen molar-refractivity contribution in [3.05, 3.63) is 51.0 Å². The van der Waals surface area contributed by atoms with Gasteiger partial charge in [0.2, 0.25) is 0 Å². The van der Waals surface area contributed by atoms with E-state index in [1.807, 2.05) is 38.1 Å². The Bertz CT molecular complexity index is 778. The summed E-state index contributed by atoms with van der Waals surface area (Å²) in [6, 6.07) is 7.77. The van der Waals surface area contributed by atoms with Crippen LogP contribution in [0.3, 0.4) is 0 Å². The van der Waals surface area contributed by atoms with Gasteiger partial charge in [-0.3, -0.25) is 4.79 Å². The molecule has 0 atom stereocenters. The third-order valence-electron chi connectivity index (χ3n) is 4.08. The van der Waals surface area contributed by atoms with Crippen molar-refractivity contribution in [3.63, 3.8) is 0 Å². The highest BCUT2D eigenvalue weighted by molar-refractivity contribution is 7.11. The van der Waals surface area contributed by atoms with Crippen molar-refractivity contribution in [2.24, 2.45) is 4.99 Å². The van der Waals surface area contributed by atoms with Gasteiger partial charge in [0.25, 0.3) is 5.91 Å². The van der Waals surface area contributed by atoms with Gasteiger partial charge in [-0.05, 0) is 44.9 Å². The standard InChI is InChI=1S/C20H29N5OS/c1-6-21-20(23-13-18-24-14(2)15(3)27-18)22-11-10-16-8-7-9-17(12-16)19(26)25(4)5/h7-9,12H,6,10-11,13H2,1-5H3,(H2,21,22,23). The van der Waals surface area contributed by atoms with Gasteiger partial charge in [-0.2, -0.15) is 0 Å². The number of aliphatic imine (C=N–C) groups is 1. The van der Waals surface area contributed by atoms with Crippen molar-refractivity contribution in [1.82, 2.24) is 20.5 Å². The molecule has 1 aromatic carbocycles. The number of aromatic nitrogens is 1. The highest BCUT2D eigenvalue weighted by atomic mass is 32.1. The Labute approximate surface area is 165 Å². The summed E-state index contributed by atoms with van der Waals surface area (Å²) in [4.78, 5) is 24.1. The van der Waals surface area contributed by atoms with Crippen LogP contribution in [0.4, 0.5) is 0 Å². The molecule has 0 radical (unpaired) electrons. The molecule has 27 heavy (non-hydrogen) atoms. The predicted octanol–water partition coefficient (Wildman–Crippen LogP) is 2.76. The van der Waals surface area contributed by atoms with Crippen LogP contribution in [0.5, 0.6) is 0 Å². The van der Waals surface area contributed by atoms with Gasteiger partial charge in [0, 0.05) is 37.6 Å². The maximum Gasteiger partial charge on any atom is 0.253 e. The summed E-state index contributed by atoms with van der Waals surface area (Å²) in [6.45, 7) is 8.26. The van der Waals surface area contributed by atoms with Gasteiger partial charge in [-0.25, -0.2) is 9.98 Å². The topological polar surface area (TPSA) is 69.6 Å². The minimum atomic E-state index is 0.0220. The fraction of sp³-hybridized carbons (Fsp3) is 0.450. The van der Waals surface area contributed by atoms with Gasteiger partial charge >= 0.3 is 0 Å². The van der Waals surface area contributed by atoms with Gasteiger partial charge in [0.15, 0.2) is 5.96 Å². The lowest BCUT2D eigenvalue weighted by atomic mass is 10.1. The molecule has 0 aliphatic heterocycles. The second-order valence-electron chi connectivity index (χ2n) is 6.52. The first-order chi connectivity index (χ1) is 12.9. The molecule has 1 amide bonds. The molecule has 2 rings (SSSR count). The van der Waals surface area contributed by atoms with Crippen LogP contribution >= 0.6 is 11.3 Å². The molecule has 2 aromatic rings. The number of guanidine groups is 1. The number of thiazole rings is 1. The number of rotatable bonds is 7. The van der Waals surface area contributed by atoms with Crippen LogP contribution in [-0.4, -0.2) is 48.9 Å². The quantitative estimate of drug-likeness (QED) is 0.566. The number of carbonyl (C=O) groups is 1. The number of benzene rings is 1. The van der Waals surface area contributed by atoms with E-state index in [9.17, 15) is 4.79 Å². The summed E-state index contributed by atoms with van der Waals surface area (Å²) in [5, 5.41) is 7.64. The molecule has 7 heteroatoms. The molecular formula is C20H29N5OS. The number of aryl methyl sites for hydroxylation is 2. The third kappa shape index (κ3) is 6.36. The Morgan fingerprint density at radius 1 is 1.26 bits per heavy atom. The minimum absolute atomic E-state index is 0.0220. The number of carbonyl (C=O) groups excluding carboxylic acids is 1. The van der Waals surface area contributed by atoms with Crippen LogP contribution in [0.2, 0.25) is 0 Å². The normalized spacial score (nSPS) is 11.4. The highest BCUT2D eigenvalue weighted by Gasteiger charge is 2.08. The molecule has 0 saturated heterocycles. The summed E-state index contributed by atoms with van der Waals surface area (Å²) in [5.74, 6) is 0.803. The molecule has 0 unspecified atom stereocenters. The maximum atomic E-state index is 12.1. The first-order valence-corrected chi connectivity index (χ1v) is 9.98. The van der Waals surface area contributed by atoms with Gasteiger partial charge in [-0.15, -0.1) is 11.3 Å². The lowest BCUT2D eigenvalue weighted by molar-refractivity contribution is 0.0827. The van der Waals surface area contributed by atoms with Crippen molar-refractivity contribution < 1.29 is 4.79 Å². The fourth-order valence-corrected chi connectivity index (χ4v) is 3.40. The van der Waals surface area contributed by atoms with Gasteiger partial charge in [0.1, 0.15) is 5.01 Å². The summed E-state index contributed by atoms with van der Waals surface area (Å²) in [6.07, 6.45) is 0.814. The summed E-state index contributed by atoms with van der Waals surface area (Å²) in [7, 11) is 3.53. The average molecular weight is 388 g/mol. The molecule has 1 heterocycles. The number of hydrogen-bond acceptors (Lipinski definition) is 4. The maximum absolute atomic E-state index is 12.1. The zero-order chi connectivity index (χ0) is 19.8. The van der Waals surface area contributed by atoms with E-state index in [4.69, 9.17) is 0 Å². The van der Waals surface area contributed by atoms with Crippen LogP contribution in [-0.2, 0) is 13.0 Å². The second-order valence-corrected chi connectivity index (χ2v) is 7.81. The van der Waals surface area contributed by atoms with Crippen LogP contribution in [0.15, 0.2) is 29.3 Å². The van der Waals surface area contributed by atoms with E-state index in [0.29, 0.717) is 12.1 Å². The molecule has 0 bridgehead atoms. The van der Waals surface area contributed by atoms with Crippen LogP contribution in [0.25, 0.3) is 0 Å². The summed E-state index contributed by atoms with van der Waals surface area (Å²) >= 11 is 1.69. The number of hydrogen-bond donors (Lipinski definition) is 2. The number of amides is 1. The Kier molecular flexibility index (Phi) is 7.79. The van der Waals surface area contributed by atoms with E-state index in [1.54, 1.807) is 30.3 Å². The van der Waals surface area contributed by atoms with Crippen molar-refractivity contribution in [2.45, 2.75) is 33.7 Å². The van der Waals surface area contributed by atoms with E-state index in [1.165, 1.54) is 4.88 Å². The van der Waals surface area contributed by atoms with E-state index >= 15 is 0 Å². The largest absolute Gasteiger partial charge is 0.357 e. The Morgan fingerprint density at radius 2 is 2.04 bits per heavy atom. The lowest BCUT2D eigenvalue weighted by Gasteiger charge is -2.13. The number of nitrogens with one attached hydrogen (secondary N) is 2. The lowest BCUT2D eigenvalue weighted by Crippen LogP contribution is -2.38. The molecule has 146 valence electrons. The molecule has 0 aliphatic rings. The predicted molar refractivity (Wildman–Crippen MR) is 113 cm³/mol. The number of nitrogens with zero attached hydrogens (tertiary/aromatic N) is 3. The zero-order valence-corrected chi connectivity index (χ0v) is 17.6. The smallest absolute Gasteiger partial charge is 0.253 e. The Hall–Kier alpha value is -2.41. The molecule has 6 nitrogen and oxygen atoms in total. The Morgan fingerprint density at radius 3 is 2.67 bits per heavy atom. The van der Waals surface area contributed by atoms with E-state index in [0.717, 1.165) is 41.7 Å². The van der Waals surface area contributed by atoms with Crippen molar-refractivity contribution >= 4 is 23.2 Å². The van der Waals surface area contributed by atoms with Crippen LogP contribution < -0.4 is 10.6 Å². The van der Waals surface area contributed by atoms with E-state index < -0.39 is 0 Å². The molecular weight excluding hydrogens is 358 g/mol. The van der Waals surface area contributed by atoms with Crippen molar-refractivity contribution in [2.75, 3.05) is 27.2 Å². The molecule has 2 N–H and O–H groups in total. The zero-order valence-electron chi connectivity index (χ0n) is 16.8. The summed E-state index contributed by atoms with van der Waals surface area (Å²) < 4.78 is 0. The SMILES string of the molecule is CCNC(=NCc1nc(C)c(C)s1)NCCc1cccc(C(=O)N(C)C)c1. The van der Waals surface area contributed by atoms with E-state index in [-0.39, 0.29) is 5.91 Å². The van der Waals surface area contributed by atoms with Crippen molar-refractivity contribution in [1.29, 1.82) is 0 Å². The van der Waals surface area contributed by atoms with Gasteiger partial charge in [0.05, 0.1) is 12.2 Å². The molecule has 0 saturated carbocycles. The first kappa shape index (κ1) is 20.9. The summed E-state index contributed by atoms with van der Waals surface area (Å²) in [5.41, 5.74) is 2.92. The van der Waals surface area contributed by atoms with Crippen LogP contribution in [0.1, 0.15) is 38.4 Å². The second kappa shape index (κ2) is 10.1. The first-order valence-electron chi connectivity index (χ1n) is 9.16. The molecule has 1 aromatic heterocycles. The van der Waals surface area contributed by atoms with Crippen molar-refractivity contribution in [3.8, 4) is 0 Å². The highest BCUT2D eigenvalue weighted by Crippen LogP contribution is 2.16. The Balaban J connectivity index is 1.93. The molecule has 0 aliphatic carbocycles. The monoisotopic (exact) mass is 387 g/mol. The van der Waals surface area contributed by atoms with Gasteiger partial charge in [-0.1, -0.05) is 12.1 Å². The fourth-order valence-electron chi connectivity index (χ4n) is 2.54. The minimum Gasteiger partial charge on any atom is -0.357 e. The molecule has 0 fully saturated rings. The average Bonchev–Trinajstić information content (AvgIpc) is 2.97. The van der Waals surface area contributed by atoms with Gasteiger partial charge < -0.3 is 15.5 Å². The van der Waals surface area contributed by atoms with E-state index in [2.05, 4.69) is 27.5 Å². The molecule has 0 spiro atoms.